The number of benzene rings is 1. The predicted octanol–water partition coefficient (Wildman–Crippen LogP) is 1.96. The smallest absolute Gasteiger partial charge is 0.343 e. The van der Waals surface area contributed by atoms with Crippen molar-refractivity contribution in [3.8, 4) is 11.4 Å². The van der Waals surface area contributed by atoms with Crippen LogP contribution in [0.15, 0.2) is 17.3 Å². The predicted molar refractivity (Wildman–Crippen MR) is 81.9 cm³/mol. The van der Waals surface area contributed by atoms with Gasteiger partial charge in [-0.25, -0.2) is 9.07 Å². The zero-order chi connectivity index (χ0) is 18.9. The molecule has 0 aliphatic heterocycles. The zero-order valence-corrected chi connectivity index (χ0v) is 14.3. The van der Waals surface area contributed by atoms with Crippen LogP contribution in [0.4, 0.5) is 17.6 Å². The van der Waals surface area contributed by atoms with Crippen molar-refractivity contribution >= 4 is 16.7 Å². The molecule has 0 fully saturated rings. The van der Waals surface area contributed by atoms with Gasteiger partial charge in [-0.3, -0.25) is 9.00 Å². The zero-order valence-electron chi connectivity index (χ0n) is 13.4. The number of hydrogen-bond donors (Lipinski definition) is 1. The molecule has 2 rings (SSSR count). The molecule has 0 radical (unpaired) electrons. The van der Waals surface area contributed by atoms with Crippen LogP contribution in [0.3, 0.4) is 0 Å². The van der Waals surface area contributed by atoms with E-state index in [1.807, 2.05) is 0 Å². The Morgan fingerprint density at radius 2 is 2.00 bits per heavy atom. The van der Waals surface area contributed by atoms with Crippen molar-refractivity contribution in [2.75, 3.05) is 12.8 Å². The number of aromatic nitrogens is 3. The number of hydrogen-bond acceptors (Lipinski definition) is 4. The highest BCUT2D eigenvalue weighted by Crippen LogP contribution is 2.25. The highest BCUT2D eigenvalue weighted by molar-refractivity contribution is 7.84. The molecule has 11 heteroatoms. The summed E-state index contributed by atoms with van der Waals surface area (Å²) in [4.78, 5) is 15.9. The summed E-state index contributed by atoms with van der Waals surface area (Å²) in [7, 11) is -0.0543. The Balaban J connectivity index is 2.44. The molecule has 6 nitrogen and oxygen atoms in total. The normalized spacial score (nSPS) is 12.9. The average Bonchev–Trinajstić information content (AvgIpc) is 2.86. The number of rotatable bonds is 4. The van der Waals surface area contributed by atoms with Crippen LogP contribution in [0.2, 0.25) is 0 Å². The molecule has 25 heavy (non-hydrogen) atoms. The van der Waals surface area contributed by atoms with E-state index < -0.39 is 35.2 Å². The minimum absolute atomic E-state index is 0.00701. The van der Waals surface area contributed by atoms with Gasteiger partial charge in [-0.15, -0.1) is 5.10 Å². The molecular formula is C14H14F4N4O2S. The maximum absolute atomic E-state index is 14.3. The van der Waals surface area contributed by atoms with Crippen molar-refractivity contribution in [2.45, 2.75) is 18.3 Å². The van der Waals surface area contributed by atoms with Crippen LogP contribution in [0.1, 0.15) is 15.9 Å². The van der Waals surface area contributed by atoms with Gasteiger partial charge in [0, 0.05) is 18.9 Å². The molecule has 0 aliphatic carbocycles. The Kier molecular flexibility index (Phi) is 5.26. The van der Waals surface area contributed by atoms with Crippen molar-refractivity contribution in [1.82, 2.24) is 20.1 Å². The van der Waals surface area contributed by atoms with Crippen LogP contribution in [0.25, 0.3) is 11.4 Å². The summed E-state index contributed by atoms with van der Waals surface area (Å²) in [5.41, 5.74) is -0.0836. The second-order valence-corrected chi connectivity index (χ2v) is 6.51. The quantitative estimate of drug-likeness (QED) is 0.826. The number of alkyl halides is 3. The number of aryl methyl sites for hydroxylation is 2. The maximum atomic E-state index is 14.3. The van der Waals surface area contributed by atoms with Gasteiger partial charge in [0.25, 0.3) is 5.91 Å². The van der Waals surface area contributed by atoms with E-state index in [1.165, 1.54) is 24.9 Å². The van der Waals surface area contributed by atoms with Gasteiger partial charge in [-0.2, -0.15) is 18.2 Å². The van der Waals surface area contributed by atoms with E-state index in [4.69, 9.17) is 0 Å². The summed E-state index contributed by atoms with van der Waals surface area (Å²) < 4.78 is 63.6. The van der Waals surface area contributed by atoms with Gasteiger partial charge < -0.3 is 5.32 Å². The summed E-state index contributed by atoms with van der Waals surface area (Å²) in [6, 6.07) is 2.12. The van der Waals surface area contributed by atoms with E-state index in [0.29, 0.717) is 0 Å². The Hall–Kier alpha value is -2.30. The molecule has 1 atom stereocenters. The second-order valence-electron chi connectivity index (χ2n) is 5.24. The first-order valence-electron chi connectivity index (χ1n) is 6.89. The van der Waals surface area contributed by atoms with Crippen LogP contribution in [0, 0.1) is 12.7 Å². The van der Waals surface area contributed by atoms with Gasteiger partial charge in [0.15, 0.2) is 5.82 Å². The monoisotopic (exact) mass is 378 g/mol. The molecule has 2 aromatic rings. The van der Waals surface area contributed by atoms with E-state index in [0.717, 1.165) is 12.1 Å². The van der Waals surface area contributed by atoms with Gasteiger partial charge in [0.2, 0.25) is 5.16 Å². The number of halogens is 4. The van der Waals surface area contributed by atoms with Gasteiger partial charge in [0.05, 0.1) is 16.4 Å². The lowest BCUT2D eigenvalue weighted by atomic mass is 10.0. The van der Waals surface area contributed by atoms with E-state index in [9.17, 15) is 26.6 Å². The summed E-state index contributed by atoms with van der Waals surface area (Å²) in [6.45, 7) is -0.0977. The SMILES string of the molecule is Cc1cc(F)c(-c2nc(S(C)=O)nn2C)cc1C(=O)NCC(F)(F)F. The molecule has 0 saturated heterocycles. The van der Waals surface area contributed by atoms with Crippen LogP contribution in [0.5, 0.6) is 0 Å². The van der Waals surface area contributed by atoms with Crippen LogP contribution >= 0.6 is 0 Å². The third-order valence-corrected chi connectivity index (χ3v) is 3.94. The molecule has 1 aromatic carbocycles. The molecule has 136 valence electrons. The van der Waals surface area contributed by atoms with Crippen molar-refractivity contribution in [3.63, 3.8) is 0 Å². The maximum Gasteiger partial charge on any atom is 0.405 e. The summed E-state index contributed by atoms with van der Waals surface area (Å²) >= 11 is 0. The molecule has 1 amide bonds. The molecule has 1 aromatic heterocycles. The number of nitrogens with one attached hydrogen (secondary N) is 1. The molecule has 1 unspecified atom stereocenters. The topological polar surface area (TPSA) is 76.9 Å². The number of carbonyl (C=O) groups excluding carboxylic acids is 1. The van der Waals surface area contributed by atoms with E-state index in [1.54, 1.807) is 5.32 Å². The van der Waals surface area contributed by atoms with Gasteiger partial charge in [0.1, 0.15) is 12.4 Å². The Bertz CT molecular complexity index is 848. The summed E-state index contributed by atoms with van der Waals surface area (Å²) in [6.07, 6.45) is -3.21. The van der Waals surface area contributed by atoms with Crippen LogP contribution in [-0.2, 0) is 17.8 Å². The number of nitrogens with zero attached hydrogens (tertiary/aromatic N) is 3. The van der Waals surface area contributed by atoms with Crippen molar-refractivity contribution in [3.05, 3.63) is 29.1 Å². The van der Waals surface area contributed by atoms with E-state index in [-0.39, 0.29) is 27.7 Å². The Morgan fingerprint density at radius 3 is 2.52 bits per heavy atom. The van der Waals surface area contributed by atoms with Gasteiger partial charge in [-0.05, 0) is 24.6 Å². The summed E-state index contributed by atoms with van der Waals surface area (Å²) in [5.74, 6) is -1.71. The highest BCUT2D eigenvalue weighted by Gasteiger charge is 2.28. The van der Waals surface area contributed by atoms with E-state index in [2.05, 4.69) is 10.1 Å². The Labute approximate surface area is 142 Å². The third-order valence-electron chi connectivity index (χ3n) is 3.25. The Morgan fingerprint density at radius 1 is 1.36 bits per heavy atom. The molecule has 0 spiro atoms. The average molecular weight is 378 g/mol. The first-order chi connectivity index (χ1) is 11.5. The molecule has 1 N–H and O–H groups in total. The molecule has 1 heterocycles. The fourth-order valence-corrected chi connectivity index (χ4v) is 2.53. The largest absolute Gasteiger partial charge is 0.405 e. The van der Waals surface area contributed by atoms with Gasteiger partial charge in [-0.1, -0.05) is 0 Å². The van der Waals surface area contributed by atoms with E-state index >= 15 is 0 Å². The third kappa shape index (κ3) is 4.41. The second kappa shape index (κ2) is 6.90. The standard InChI is InChI=1S/C14H14F4N4O2S/c1-7-4-10(15)9(11-20-13(25(3)24)21-22(11)2)5-8(7)12(23)19-6-14(16,17)18/h4-5H,6H2,1-3H3,(H,19,23). The van der Waals surface area contributed by atoms with Crippen molar-refractivity contribution in [1.29, 1.82) is 0 Å². The van der Waals surface area contributed by atoms with Crippen molar-refractivity contribution in [2.24, 2.45) is 7.05 Å². The molecule has 0 aliphatic rings. The lowest BCUT2D eigenvalue weighted by Crippen LogP contribution is -2.34. The van der Waals surface area contributed by atoms with Crippen molar-refractivity contribution < 1.29 is 26.6 Å². The first-order valence-corrected chi connectivity index (χ1v) is 8.45. The molecule has 0 bridgehead atoms. The fourth-order valence-electron chi connectivity index (χ4n) is 2.08. The first kappa shape index (κ1) is 19.0. The number of carbonyl (C=O) groups is 1. The molecular weight excluding hydrogens is 364 g/mol. The number of amides is 1. The van der Waals surface area contributed by atoms with Gasteiger partial charge >= 0.3 is 6.18 Å². The highest BCUT2D eigenvalue weighted by atomic mass is 32.2. The summed E-state index contributed by atoms with van der Waals surface area (Å²) in [5, 5.41) is 5.59. The lowest BCUT2D eigenvalue weighted by Gasteiger charge is -2.12. The fraction of sp³-hybridized carbons (Fsp3) is 0.357. The minimum atomic E-state index is -4.56. The molecule has 0 saturated carbocycles. The van der Waals surface area contributed by atoms with Crippen LogP contribution < -0.4 is 5.32 Å². The minimum Gasteiger partial charge on any atom is -0.343 e. The van der Waals surface area contributed by atoms with Crippen LogP contribution in [-0.4, -0.2) is 43.9 Å². The lowest BCUT2D eigenvalue weighted by molar-refractivity contribution is -0.123.